The van der Waals surface area contributed by atoms with Gasteiger partial charge in [0.05, 0.1) is 12.2 Å². The first-order chi connectivity index (χ1) is 7.22. The number of hydrogen-bond donors (Lipinski definition) is 2. The quantitative estimate of drug-likeness (QED) is 0.494. The van der Waals surface area contributed by atoms with Crippen molar-refractivity contribution in [3.05, 3.63) is 24.0 Å². The lowest BCUT2D eigenvalue weighted by molar-refractivity contribution is 0.636. The van der Waals surface area contributed by atoms with Gasteiger partial charge in [-0.2, -0.15) is 10.2 Å². The molecule has 0 aliphatic carbocycles. The van der Waals surface area contributed by atoms with Gasteiger partial charge in [0.15, 0.2) is 5.96 Å². The Morgan fingerprint density at radius 1 is 1.62 bits per heavy atom. The van der Waals surface area contributed by atoms with Crippen LogP contribution in [-0.2, 0) is 6.54 Å². The summed E-state index contributed by atoms with van der Waals surface area (Å²) in [5, 5.41) is 10.7. The van der Waals surface area contributed by atoms with Crippen molar-refractivity contribution in [1.29, 1.82) is 0 Å². The highest BCUT2D eigenvalue weighted by molar-refractivity contribution is 14.0. The molecule has 6 heteroatoms. The van der Waals surface area contributed by atoms with Gasteiger partial charge in [-0.15, -0.1) is 24.0 Å². The van der Waals surface area contributed by atoms with Crippen LogP contribution in [0.2, 0.25) is 0 Å². The number of hydrogen-bond acceptors (Lipinski definition) is 3. The van der Waals surface area contributed by atoms with Crippen molar-refractivity contribution in [2.24, 2.45) is 10.7 Å². The molecule has 1 rings (SSSR count). The first-order valence-corrected chi connectivity index (χ1v) is 5.05. The molecule has 1 aromatic rings. The largest absolute Gasteiger partial charge is 0.370 e. The summed E-state index contributed by atoms with van der Waals surface area (Å²) in [6, 6.07) is 4.04. The van der Waals surface area contributed by atoms with Crippen LogP contribution >= 0.6 is 24.0 Å². The molecule has 0 amide bonds. The number of nitrogens with two attached hydrogens (primary N) is 1. The maximum atomic E-state index is 5.69. The van der Waals surface area contributed by atoms with Crippen LogP contribution in [0.5, 0.6) is 0 Å². The maximum absolute atomic E-state index is 5.69. The van der Waals surface area contributed by atoms with Crippen molar-refractivity contribution in [1.82, 2.24) is 15.5 Å². The van der Waals surface area contributed by atoms with Crippen molar-refractivity contribution in [3.63, 3.8) is 0 Å². The van der Waals surface area contributed by atoms with Gasteiger partial charge in [0.2, 0.25) is 0 Å². The van der Waals surface area contributed by atoms with Crippen LogP contribution in [0.15, 0.2) is 23.3 Å². The van der Waals surface area contributed by atoms with Crippen molar-refractivity contribution >= 4 is 29.9 Å². The topological polar surface area (TPSA) is 76.2 Å². The summed E-state index contributed by atoms with van der Waals surface area (Å²) in [6.45, 7) is 4.61. The Morgan fingerprint density at radius 3 is 2.94 bits per heavy atom. The number of nitrogens with zero attached hydrogens (tertiary/aromatic N) is 3. The van der Waals surface area contributed by atoms with Gasteiger partial charge in [0.25, 0.3) is 0 Å². The summed E-state index contributed by atoms with van der Waals surface area (Å²) in [4.78, 5) is 4.16. The van der Waals surface area contributed by atoms with E-state index in [2.05, 4.69) is 34.4 Å². The Labute approximate surface area is 113 Å². The molecule has 3 N–H and O–H groups in total. The third kappa shape index (κ3) is 5.84. The molecule has 1 atom stereocenters. The molecule has 0 aliphatic heterocycles. The fraction of sp³-hybridized carbons (Fsp3) is 0.500. The fourth-order valence-corrected chi connectivity index (χ4v) is 0.984. The number of rotatable bonds is 4. The van der Waals surface area contributed by atoms with E-state index < -0.39 is 0 Å². The van der Waals surface area contributed by atoms with Crippen molar-refractivity contribution in [2.45, 2.75) is 32.9 Å². The smallest absolute Gasteiger partial charge is 0.189 e. The number of aromatic nitrogens is 2. The lowest BCUT2D eigenvalue weighted by Crippen LogP contribution is -2.38. The highest BCUT2D eigenvalue weighted by Gasteiger charge is 1.98. The van der Waals surface area contributed by atoms with E-state index in [9.17, 15) is 0 Å². The van der Waals surface area contributed by atoms with E-state index in [-0.39, 0.29) is 24.0 Å². The van der Waals surface area contributed by atoms with E-state index in [0.717, 1.165) is 12.1 Å². The number of halogens is 1. The van der Waals surface area contributed by atoms with Crippen LogP contribution in [0.25, 0.3) is 0 Å². The van der Waals surface area contributed by atoms with E-state index >= 15 is 0 Å². The van der Waals surface area contributed by atoms with Gasteiger partial charge in [-0.1, -0.05) is 6.92 Å². The van der Waals surface area contributed by atoms with Crippen molar-refractivity contribution in [2.75, 3.05) is 0 Å². The molecule has 0 radical (unpaired) electrons. The minimum atomic E-state index is 0. The lowest BCUT2D eigenvalue weighted by Gasteiger charge is -2.11. The summed E-state index contributed by atoms with van der Waals surface area (Å²) in [6.07, 6.45) is 2.65. The van der Waals surface area contributed by atoms with Gasteiger partial charge in [-0.05, 0) is 25.5 Å². The second kappa shape index (κ2) is 8.26. The molecule has 90 valence electrons. The fourth-order valence-electron chi connectivity index (χ4n) is 0.984. The normalized spacial score (nSPS) is 12.8. The molecule has 0 aromatic carbocycles. The Morgan fingerprint density at radius 2 is 2.38 bits per heavy atom. The van der Waals surface area contributed by atoms with Crippen LogP contribution in [0.4, 0.5) is 0 Å². The summed E-state index contributed by atoms with van der Waals surface area (Å²) in [7, 11) is 0. The molecule has 1 aromatic heterocycles. The van der Waals surface area contributed by atoms with E-state index in [1.165, 1.54) is 0 Å². The van der Waals surface area contributed by atoms with Crippen LogP contribution < -0.4 is 11.1 Å². The van der Waals surface area contributed by atoms with Gasteiger partial charge in [-0.25, -0.2) is 4.99 Å². The molecular formula is C10H18IN5. The van der Waals surface area contributed by atoms with E-state index in [4.69, 9.17) is 5.73 Å². The average Bonchev–Trinajstić information content (AvgIpc) is 2.27. The highest BCUT2D eigenvalue weighted by Crippen LogP contribution is 1.93. The van der Waals surface area contributed by atoms with Crippen LogP contribution in [0, 0.1) is 0 Å². The molecule has 1 unspecified atom stereocenters. The SMILES string of the molecule is CCC(C)NC(N)=NCc1cccnn1.I. The predicted molar refractivity (Wildman–Crippen MR) is 75.7 cm³/mol. The standard InChI is InChI=1S/C10H17N5.HI/c1-3-8(2)14-10(11)12-7-9-5-4-6-13-15-9;/h4-6,8H,3,7H2,1-2H3,(H3,11,12,14);1H. The molecule has 0 saturated carbocycles. The summed E-state index contributed by atoms with van der Waals surface area (Å²) < 4.78 is 0. The van der Waals surface area contributed by atoms with Gasteiger partial charge in [-0.3, -0.25) is 0 Å². The van der Waals surface area contributed by atoms with Gasteiger partial charge in [0.1, 0.15) is 0 Å². The van der Waals surface area contributed by atoms with Gasteiger partial charge in [0, 0.05) is 12.2 Å². The van der Waals surface area contributed by atoms with Gasteiger partial charge >= 0.3 is 0 Å². The maximum Gasteiger partial charge on any atom is 0.189 e. The number of guanidine groups is 1. The first-order valence-electron chi connectivity index (χ1n) is 5.05. The minimum Gasteiger partial charge on any atom is -0.370 e. The Bertz CT molecular complexity index is 314. The van der Waals surface area contributed by atoms with E-state index in [1.54, 1.807) is 6.20 Å². The summed E-state index contributed by atoms with van der Waals surface area (Å²) in [5.74, 6) is 0.454. The van der Waals surface area contributed by atoms with E-state index in [0.29, 0.717) is 18.5 Å². The zero-order valence-electron chi connectivity index (χ0n) is 9.55. The molecular weight excluding hydrogens is 317 g/mol. The van der Waals surface area contributed by atoms with E-state index in [1.807, 2.05) is 12.1 Å². The molecule has 16 heavy (non-hydrogen) atoms. The Kier molecular flexibility index (Phi) is 7.78. The van der Waals surface area contributed by atoms with Crippen LogP contribution in [0.3, 0.4) is 0 Å². The Balaban J connectivity index is 0.00000225. The number of aliphatic imine (C=N–C) groups is 1. The molecule has 0 fully saturated rings. The molecule has 5 nitrogen and oxygen atoms in total. The second-order valence-electron chi connectivity index (χ2n) is 3.37. The lowest BCUT2D eigenvalue weighted by atomic mass is 10.3. The minimum absolute atomic E-state index is 0. The van der Waals surface area contributed by atoms with Crippen LogP contribution in [0.1, 0.15) is 26.0 Å². The van der Waals surface area contributed by atoms with Crippen molar-refractivity contribution in [3.8, 4) is 0 Å². The Hall–Kier alpha value is -0.920. The zero-order valence-corrected chi connectivity index (χ0v) is 11.9. The molecule has 0 bridgehead atoms. The average molecular weight is 335 g/mol. The molecule has 1 heterocycles. The third-order valence-corrected chi connectivity index (χ3v) is 2.05. The van der Waals surface area contributed by atoms with Crippen LogP contribution in [-0.4, -0.2) is 22.2 Å². The summed E-state index contributed by atoms with van der Waals surface area (Å²) >= 11 is 0. The summed E-state index contributed by atoms with van der Waals surface area (Å²) in [5.41, 5.74) is 6.50. The molecule has 0 aliphatic rings. The second-order valence-corrected chi connectivity index (χ2v) is 3.37. The molecule has 0 spiro atoms. The van der Waals surface area contributed by atoms with Crippen molar-refractivity contribution < 1.29 is 0 Å². The molecule has 0 saturated heterocycles. The first kappa shape index (κ1) is 15.1. The highest BCUT2D eigenvalue weighted by atomic mass is 127. The number of nitrogens with one attached hydrogen (secondary N) is 1. The predicted octanol–water partition coefficient (Wildman–Crippen LogP) is 1.30. The van der Waals surface area contributed by atoms with Gasteiger partial charge < -0.3 is 11.1 Å². The third-order valence-electron chi connectivity index (χ3n) is 2.05. The monoisotopic (exact) mass is 335 g/mol. The zero-order chi connectivity index (χ0) is 11.1.